The van der Waals surface area contributed by atoms with Crippen molar-refractivity contribution in [3.63, 3.8) is 0 Å². The van der Waals surface area contributed by atoms with Gasteiger partial charge in [0, 0.05) is 26.2 Å². The van der Waals surface area contributed by atoms with Gasteiger partial charge in [-0.3, -0.25) is 4.90 Å². The number of hydrogen-bond donors (Lipinski definition) is 0. The van der Waals surface area contributed by atoms with Crippen LogP contribution in [0.25, 0.3) is 0 Å². The monoisotopic (exact) mass is 400 g/mol. The lowest BCUT2D eigenvalue weighted by molar-refractivity contribution is 0.119. The number of likely N-dealkylation sites (N-methyl/N-ethyl adjacent to an activating group) is 1. The van der Waals surface area contributed by atoms with Crippen molar-refractivity contribution >= 4 is 0 Å². The number of methoxy groups -OCH3 is 2. The molecule has 1 aromatic heterocycles. The predicted octanol–water partition coefficient (Wildman–Crippen LogP) is 2.53. The van der Waals surface area contributed by atoms with Crippen molar-refractivity contribution in [3.05, 3.63) is 29.6 Å². The molecule has 8 nitrogen and oxygen atoms in total. The minimum Gasteiger partial charge on any atom is -0.493 e. The first kappa shape index (κ1) is 20.1. The topological polar surface area (TPSA) is 68.5 Å². The van der Waals surface area contributed by atoms with Gasteiger partial charge in [0.1, 0.15) is 0 Å². The normalized spacial score (nSPS) is 20.5. The van der Waals surface area contributed by atoms with E-state index in [0.29, 0.717) is 6.04 Å². The fraction of sp³-hybridized carbons (Fsp3) is 0.667. The Hall–Kier alpha value is -2.19. The number of piperazine rings is 1. The van der Waals surface area contributed by atoms with E-state index in [0.717, 1.165) is 61.9 Å². The first-order chi connectivity index (χ1) is 14.2. The van der Waals surface area contributed by atoms with Crippen molar-refractivity contribution in [1.82, 2.24) is 30.0 Å². The summed E-state index contributed by atoms with van der Waals surface area (Å²) in [6.45, 7) is 4.03. The van der Waals surface area contributed by atoms with Crippen molar-refractivity contribution in [2.24, 2.45) is 0 Å². The molecule has 1 aliphatic carbocycles. The number of tetrazole rings is 1. The molecule has 0 unspecified atom stereocenters. The number of hydrogen-bond acceptors (Lipinski definition) is 7. The molecule has 1 aliphatic heterocycles. The molecule has 4 rings (SSSR count). The first-order valence-corrected chi connectivity index (χ1v) is 10.6. The van der Waals surface area contributed by atoms with E-state index >= 15 is 0 Å². The van der Waals surface area contributed by atoms with Gasteiger partial charge in [0.25, 0.3) is 0 Å². The van der Waals surface area contributed by atoms with Crippen LogP contribution >= 0.6 is 0 Å². The van der Waals surface area contributed by atoms with Gasteiger partial charge in [0.15, 0.2) is 17.3 Å². The maximum absolute atomic E-state index is 5.59. The number of rotatable bonds is 6. The molecule has 0 spiro atoms. The molecule has 0 bridgehead atoms. The second kappa shape index (κ2) is 9.09. The summed E-state index contributed by atoms with van der Waals surface area (Å²) in [6, 6.07) is 6.56. The molecule has 158 valence electrons. The SMILES string of the molecule is COc1ccc([C@@H](c2nnnn2C2CCCCC2)N2CCN(C)CC2)cc1OC. The van der Waals surface area contributed by atoms with Crippen LogP contribution in [0.3, 0.4) is 0 Å². The van der Waals surface area contributed by atoms with Crippen molar-refractivity contribution in [2.45, 2.75) is 44.2 Å². The van der Waals surface area contributed by atoms with Crippen LogP contribution < -0.4 is 9.47 Å². The quantitative estimate of drug-likeness (QED) is 0.738. The average Bonchev–Trinajstić information content (AvgIpc) is 3.25. The van der Waals surface area contributed by atoms with Crippen LogP contribution in [-0.4, -0.2) is 77.5 Å². The van der Waals surface area contributed by atoms with E-state index < -0.39 is 0 Å². The molecule has 1 aromatic carbocycles. The van der Waals surface area contributed by atoms with Crippen LogP contribution in [0.2, 0.25) is 0 Å². The molecule has 2 aromatic rings. The van der Waals surface area contributed by atoms with Crippen LogP contribution in [0.15, 0.2) is 18.2 Å². The number of ether oxygens (including phenoxy) is 2. The van der Waals surface area contributed by atoms with Gasteiger partial charge in [-0.25, -0.2) is 4.68 Å². The Morgan fingerprint density at radius 2 is 1.69 bits per heavy atom. The van der Waals surface area contributed by atoms with Gasteiger partial charge >= 0.3 is 0 Å². The molecule has 2 heterocycles. The van der Waals surface area contributed by atoms with Gasteiger partial charge in [-0.15, -0.1) is 5.10 Å². The molecule has 2 aliphatic rings. The number of aromatic nitrogens is 4. The Bertz CT molecular complexity index is 796. The smallest absolute Gasteiger partial charge is 0.173 e. The van der Waals surface area contributed by atoms with Crippen LogP contribution in [-0.2, 0) is 0 Å². The first-order valence-electron chi connectivity index (χ1n) is 10.6. The van der Waals surface area contributed by atoms with Crippen LogP contribution in [0.1, 0.15) is 55.6 Å². The van der Waals surface area contributed by atoms with E-state index in [1.165, 1.54) is 19.3 Å². The van der Waals surface area contributed by atoms with E-state index in [4.69, 9.17) is 9.47 Å². The van der Waals surface area contributed by atoms with Crippen molar-refractivity contribution in [1.29, 1.82) is 0 Å². The van der Waals surface area contributed by atoms with Gasteiger partial charge in [-0.2, -0.15) is 0 Å². The minimum atomic E-state index is 0.000401. The van der Waals surface area contributed by atoms with E-state index in [1.807, 2.05) is 6.07 Å². The lowest BCUT2D eigenvalue weighted by Gasteiger charge is -2.38. The lowest BCUT2D eigenvalue weighted by atomic mass is 9.95. The van der Waals surface area contributed by atoms with Crippen molar-refractivity contribution in [3.8, 4) is 11.5 Å². The molecule has 1 atom stereocenters. The summed E-state index contributed by atoms with van der Waals surface area (Å²) in [7, 11) is 5.52. The van der Waals surface area contributed by atoms with E-state index in [-0.39, 0.29) is 6.04 Å². The molecule has 29 heavy (non-hydrogen) atoms. The summed E-state index contributed by atoms with van der Waals surface area (Å²) < 4.78 is 13.1. The summed E-state index contributed by atoms with van der Waals surface area (Å²) in [6.07, 6.45) is 6.11. The third-order valence-corrected chi connectivity index (χ3v) is 6.31. The summed E-state index contributed by atoms with van der Waals surface area (Å²) >= 11 is 0. The third-order valence-electron chi connectivity index (χ3n) is 6.31. The van der Waals surface area contributed by atoms with Gasteiger partial charge < -0.3 is 14.4 Å². The molecule has 1 saturated heterocycles. The van der Waals surface area contributed by atoms with E-state index in [9.17, 15) is 0 Å². The molecule has 0 radical (unpaired) electrons. The zero-order valence-electron chi connectivity index (χ0n) is 17.8. The maximum Gasteiger partial charge on any atom is 0.173 e. The summed E-state index contributed by atoms with van der Waals surface area (Å²) in [5, 5.41) is 13.1. The largest absolute Gasteiger partial charge is 0.493 e. The Kier molecular flexibility index (Phi) is 6.30. The Morgan fingerprint density at radius 1 is 0.966 bits per heavy atom. The Labute approximate surface area is 172 Å². The summed E-state index contributed by atoms with van der Waals surface area (Å²) in [4.78, 5) is 4.86. The standard InChI is InChI=1S/C21H32N6O2/c1-25-11-13-26(14-12-25)20(16-9-10-18(28-2)19(15-16)29-3)21-22-23-24-27(21)17-7-5-4-6-8-17/h9-10,15,17,20H,4-8,11-14H2,1-3H3/t20-/m0/s1. The highest BCUT2D eigenvalue weighted by molar-refractivity contribution is 5.45. The number of benzene rings is 1. The number of nitrogens with zero attached hydrogens (tertiary/aromatic N) is 6. The highest BCUT2D eigenvalue weighted by Crippen LogP contribution is 2.37. The third kappa shape index (κ3) is 4.23. The molecule has 1 saturated carbocycles. The summed E-state index contributed by atoms with van der Waals surface area (Å²) in [5.74, 6) is 2.41. The van der Waals surface area contributed by atoms with Gasteiger partial charge in [0.2, 0.25) is 0 Å². The predicted molar refractivity (Wildman–Crippen MR) is 110 cm³/mol. The molecule has 0 N–H and O–H groups in total. The van der Waals surface area contributed by atoms with Gasteiger partial charge in [0.05, 0.1) is 26.3 Å². The van der Waals surface area contributed by atoms with Crippen molar-refractivity contribution in [2.75, 3.05) is 47.4 Å². The molecule has 2 fully saturated rings. The van der Waals surface area contributed by atoms with Gasteiger partial charge in [-0.1, -0.05) is 25.3 Å². The molecular formula is C21H32N6O2. The van der Waals surface area contributed by atoms with Gasteiger partial charge in [-0.05, 0) is 48.0 Å². The zero-order chi connectivity index (χ0) is 20.2. The summed E-state index contributed by atoms with van der Waals surface area (Å²) in [5.41, 5.74) is 1.14. The van der Waals surface area contributed by atoms with Crippen molar-refractivity contribution < 1.29 is 9.47 Å². The van der Waals surface area contributed by atoms with E-state index in [1.54, 1.807) is 14.2 Å². The highest BCUT2D eigenvalue weighted by Gasteiger charge is 2.32. The van der Waals surface area contributed by atoms with Crippen LogP contribution in [0, 0.1) is 0 Å². The van der Waals surface area contributed by atoms with Crippen LogP contribution in [0.4, 0.5) is 0 Å². The molecule has 0 amide bonds. The average molecular weight is 401 g/mol. The Morgan fingerprint density at radius 3 is 2.38 bits per heavy atom. The fourth-order valence-electron chi connectivity index (χ4n) is 4.59. The highest BCUT2D eigenvalue weighted by atomic mass is 16.5. The Balaban J connectivity index is 1.73. The maximum atomic E-state index is 5.59. The molecular weight excluding hydrogens is 368 g/mol. The second-order valence-electron chi connectivity index (χ2n) is 8.13. The van der Waals surface area contributed by atoms with Crippen LogP contribution in [0.5, 0.6) is 11.5 Å². The van der Waals surface area contributed by atoms with E-state index in [2.05, 4.69) is 49.2 Å². The lowest BCUT2D eigenvalue weighted by Crippen LogP contribution is -2.46. The molecule has 8 heteroatoms. The zero-order valence-corrected chi connectivity index (χ0v) is 17.8. The minimum absolute atomic E-state index is 0.000401. The second-order valence-corrected chi connectivity index (χ2v) is 8.13. The fourth-order valence-corrected chi connectivity index (χ4v) is 4.59.